The lowest BCUT2D eigenvalue weighted by molar-refractivity contribution is -0.149. The van der Waals surface area contributed by atoms with Gasteiger partial charge in [0, 0.05) is 11.8 Å². The summed E-state index contributed by atoms with van der Waals surface area (Å²) in [7, 11) is 0. The van der Waals surface area contributed by atoms with Gasteiger partial charge in [0.1, 0.15) is 6.61 Å². The van der Waals surface area contributed by atoms with Gasteiger partial charge in [0.05, 0.1) is 19.3 Å². The summed E-state index contributed by atoms with van der Waals surface area (Å²) in [6, 6.07) is 0. The lowest BCUT2D eigenvalue weighted by Gasteiger charge is -2.23. The van der Waals surface area contributed by atoms with Gasteiger partial charge in [0.25, 0.3) is 0 Å². The normalized spacial score (nSPS) is 13.6. The number of aliphatic hydroxyl groups is 3. The van der Waals surface area contributed by atoms with Crippen LogP contribution in [0.15, 0.2) is 0 Å². The van der Waals surface area contributed by atoms with Gasteiger partial charge in [0.2, 0.25) is 0 Å². The van der Waals surface area contributed by atoms with Crippen LogP contribution in [-0.4, -0.2) is 47.2 Å². The predicted octanol–water partition coefficient (Wildman–Crippen LogP) is 0.0716. The monoisotopic (exact) mass is 234 g/mol. The molecule has 0 aliphatic rings. The summed E-state index contributed by atoms with van der Waals surface area (Å²) < 4.78 is 4.93. The van der Waals surface area contributed by atoms with Crippen LogP contribution in [-0.2, 0) is 9.53 Å². The molecule has 0 rings (SSSR count). The molecule has 0 heterocycles. The van der Waals surface area contributed by atoms with Crippen molar-refractivity contribution in [1.29, 1.82) is 0 Å². The molecule has 0 aromatic rings. The van der Waals surface area contributed by atoms with Gasteiger partial charge in [-0.3, -0.25) is 4.79 Å². The molecule has 0 radical (unpaired) electrons. The van der Waals surface area contributed by atoms with Gasteiger partial charge in [-0.2, -0.15) is 0 Å². The first-order valence-electron chi connectivity index (χ1n) is 5.49. The van der Waals surface area contributed by atoms with E-state index in [4.69, 9.17) is 20.1 Å². The predicted molar refractivity (Wildman–Crippen MR) is 58.8 cm³/mol. The van der Waals surface area contributed by atoms with Crippen molar-refractivity contribution in [3.63, 3.8) is 0 Å². The van der Waals surface area contributed by atoms with E-state index in [0.29, 0.717) is 12.8 Å². The van der Waals surface area contributed by atoms with Crippen LogP contribution in [0.1, 0.15) is 33.1 Å². The minimum Gasteiger partial charge on any atom is -0.465 e. The zero-order chi connectivity index (χ0) is 12.6. The average molecular weight is 234 g/mol. The van der Waals surface area contributed by atoms with E-state index in [0.717, 1.165) is 0 Å². The Labute approximate surface area is 96.0 Å². The van der Waals surface area contributed by atoms with Crippen molar-refractivity contribution in [1.82, 2.24) is 0 Å². The third kappa shape index (κ3) is 6.76. The van der Waals surface area contributed by atoms with Crippen LogP contribution in [0.2, 0.25) is 0 Å². The van der Waals surface area contributed by atoms with Crippen molar-refractivity contribution >= 4 is 5.97 Å². The average Bonchev–Trinajstić information content (AvgIpc) is 2.25. The number of hydrogen-bond acceptors (Lipinski definition) is 5. The van der Waals surface area contributed by atoms with Crippen molar-refractivity contribution in [3.05, 3.63) is 0 Å². The van der Waals surface area contributed by atoms with Gasteiger partial charge < -0.3 is 20.1 Å². The van der Waals surface area contributed by atoms with Gasteiger partial charge in [0.15, 0.2) is 0 Å². The maximum Gasteiger partial charge on any atom is 0.305 e. The Bertz CT molecular complexity index is 199. The number of carbonyl (C=O) groups is 1. The first-order chi connectivity index (χ1) is 7.43. The molecule has 16 heavy (non-hydrogen) atoms. The highest BCUT2D eigenvalue weighted by Gasteiger charge is 2.24. The van der Waals surface area contributed by atoms with Gasteiger partial charge >= 0.3 is 5.97 Å². The summed E-state index contributed by atoms with van der Waals surface area (Å²) in [4.78, 5) is 11.2. The third-order valence-electron chi connectivity index (χ3n) is 2.35. The molecule has 0 saturated heterocycles. The molecule has 0 aromatic carbocycles. The highest BCUT2D eigenvalue weighted by atomic mass is 16.5. The van der Waals surface area contributed by atoms with E-state index >= 15 is 0 Å². The lowest BCUT2D eigenvalue weighted by atomic mass is 9.94. The lowest BCUT2D eigenvalue weighted by Crippen LogP contribution is -2.32. The van der Waals surface area contributed by atoms with Crippen LogP contribution in [0.3, 0.4) is 0 Å². The van der Waals surface area contributed by atoms with Crippen LogP contribution < -0.4 is 0 Å². The molecule has 0 aliphatic carbocycles. The molecule has 0 saturated carbocycles. The van der Waals surface area contributed by atoms with Crippen LogP contribution in [0.4, 0.5) is 0 Å². The first-order valence-corrected chi connectivity index (χ1v) is 5.49. The van der Waals surface area contributed by atoms with Crippen LogP contribution in [0.5, 0.6) is 0 Å². The van der Waals surface area contributed by atoms with E-state index in [2.05, 4.69) is 0 Å². The fraction of sp³-hybridized carbons (Fsp3) is 0.909. The van der Waals surface area contributed by atoms with Crippen molar-refractivity contribution in [3.8, 4) is 0 Å². The molecule has 0 fully saturated rings. The minimum atomic E-state index is -0.778. The second-order valence-electron chi connectivity index (χ2n) is 4.53. The van der Waals surface area contributed by atoms with E-state index in [1.807, 2.05) is 0 Å². The molecule has 5 nitrogen and oxygen atoms in total. The van der Waals surface area contributed by atoms with Gasteiger partial charge in [-0.1, -0.05) is 6.92 Å². The molecular formula is C11H22O5. The quantitative estimate of drug-likeness (QED) is 0.517. The molecule has 0 spiro atoms. The highest BCUT2D eigenvalue weighted by Crippen LogP contribution is 2.15. The molecule has 0 aromatic heterocycles. The number of aliphatic hydroxyl groups excluding tert-OH is 3. The number of hydrogen-bond donors (Lipinski definition) is 3. The molecule has 0 amide bonds. The summed E-state index contributed by atoms with van der Waals surface area (Å²) in [6.45, 7) is 2.85. The molecule has 0 aliphatic heterocycles. The van der Waals surface area contributed by atoms with Crippen molar-refractivity contribution < 1.29 is 24.9 Å². The van der Waals surface area contributed by atoms with Gasteiger partial charge in [-0.05, 0) is 19.8 Å². The SMILES string of the molecule is CC(O)CCCC(=O)OCC(C)(CO)CO. The van der Waals surface area contributed by atoms with Crippen LogP contribution >= 0.6 is 0 Å². The molecular weight excluding hydrogens is 212 g/mol. The molecule has 1 atom stereocenters. The van der Waals surface area contributed by atoms with E-state index in [1.165, 1.54) is 0 Å². The Hall–Kier alpha value is -0.650. The molecule has 3 N–H and O–H groups in total. The summed E-state index contributed by atoms with van der Waals surface area (Å²) in [6.07, 6.45) is 0.975. The molecule has 1 unspecified atom stereocenters. The van der Waals surface area contributed by atoms with Crippen molar-refractivity contribution in [2.75, 3.05) is 19.8 Å². The van der Waals surface area contributed by atoms with Crippen molar-refractivity contribution in [2.24, 2.45) is 5.41 Å². The van der Waals surface area contributed by atoms with Crippen LogP contribution in [0.25, 0.3) is 0 Å². The highest BCUT2D eigenvalue weighted by molar-refractivity contribution is 5.69. The fourth-order valence-electron chi connectivity index (χ4n) is 1.01. The Kier molecular flexibility index (Phi) is 7.29. The molecule has 96 valence electrons. The number of ether oxygens (including phenoxy) is 1. The fourth-order valence-corrected chi connectivity index (χ4v) is 1.01. The summed E-state index contributed by atoms with van der Waals surface area (Å²) in [5.74, 6) is -0.367. The van der Waals surface area contributed by atoms with Crippen LogP contribution in [0, 0.1) is 5.41 Å². The van der Waals surface area contributed by atoms with Crippen molar-refractivity contribution in [2.45, 2.75) is 39.2 Å². The number of carbonyl (C=O) groups excluding carboxylic acids is 1. The summed E-state index contributed by atoms with van der Waals surface area (Å²) in [5.41, 5.74) is -0.778. The van der Waals surface area contributed by atoms with E-state index < -0.39 is 11.5 Å². The smallest absolute Gasteiger partial charge is 0.305 e. The maximum absolute atomic E-state index is 11.2. The third-order valence-corrected chi connectivity index (χ3v) is 2.35. The minimum absolute atomic E-state index is 0.00745. The zero-order valence-electron chi connectivity index (χ0n) is 9.98. The van der Waals surface area contributed by atoms with Gasteiger partial charge in [-0.15, -0.1) is 0 Å². The second-order valence-corrected chi connectivity index (χ2v) is 4.53. The summed E-state index contributed by atoms with van der Waals surface area (Å²) >= 11 is 0. The Morgan fingerprint density at radius 2 is 1.94 bits per heavy atom. The maximum atomic E-state index is 11.2. The van der Waals surface area contributed by atoms with E-state index in [9.17, 15) is 4.79 Å². The topological polar surface area (TPSA) is 87.0 Å². The second kappa shape index (κ2) is 7.60. The standard InChI is InChI=1S/C11H22O5/c1-9(14)4-3-5-10(15)16-8-11(2,6-12)7-13/h9,12-14H,3-8H2,1-2H3. The zero-order valence-corrected chi connectivity index (χ0v) is 9.98. The Balaban J connectivity index is 3.72. The van der Waals surface area contributed by atoms with E-state index in [1.54, 1.807) is 13.8 Å². The van der Waals surface area contributed by atoms with E-state index in [-0.39, 0.29) is 32.2 Å². The molecule has 5 heteroatoms. The largest absolute Gasteiger partial charge is 0.465 e. The first kappa shape index (κ1) is 15.3. The Morgan fingerprint density at radius 1 is 1.38 bits per heavy atom. The number of rotatable bonds is 8. The Morgan fingerprint density at radius 3 is 2.38 bits per heavy atom. The summed E-state index contributed by atoms with van der Waals surface area (Å²) in [5, 5.41) is 26.9. The molecule has 0 bridgehead atoms. The van der Waals surface area contributed by atoms with Gasteiger partial charge in [-0.25, -0.2) is 0 Å². The number of esters is 1.